The zero-order valence-corrected chi connectivity index (χ0v) is 11.8. The number of pyridine rings is 1. The summed E-state index contributed by atoms with van der Waals surface area (Å²) in [4.78, 5) is 33.0. The lowest BCUT2D eigenvalue weighted by Crippen LogP contribution is -2.20. The van der Waals surface area contributed by atoms with E-state index in [2.05, 4.69) is 15.0 Å². The quantitative estimate of drug-likeness (QED) is 0.567. The topological polar surface area (TPSA) is 78.6 Å². The minimum absolute atomic E-state index is 0.360. The smallest absolute Gasteiger partial charge is 0.305 e. The van der Waals surface area contributed by atoms with Gasteiger partial charge in [0, 0.05) is 10.9 Å². The second-order valence-corrected chi connectivity index (χ2v) is 5.74. The molecule has 0 unspecified atom stereocenters. The zero-order valence-electron chi connectivity index (χ0n) is 11.0. The van der Waals surface area contributed by atoms with Gasteiger partial charge in [-0.1, -0.05) is 12.1 Å². The Hall–Kier alpha value is -2.80. The van der Waals surface area contributed by atoms with Crippen LogP contribution >= 0.6 is 11.3 Å². The van der Waals surface area contributed by atoms with E-state index in [1.165, 1.54) is 6.07 Å². The molecule has 0 aliphatic rings. The van der Waals surface area contributed by atoms with Crippen molar-refractivity contribution in [2.24, 2.45) is 0 Å². The van der Waals surface area contributed by atoms with Crippen molar-refractivity contribution in [2.45, 2.75) is 0 Å². The van der Waals surface area contributed by atoms with E-state index in [-0.39, 0.29) is 5.82 Å². The van der Waals surface area contributed by atoms with Gasteiger partial charge in [0.05, 0.1) is 11.2 Å². The standard InChI is InChI=1S/C15H8FN3O2S/c16-9-4-2-1-3-7(9)10-6-5-8-11-12(22-14(8)17-10)13(20)19-15(21)18-11/h1-6H,(H2,18,19,20,21). The van der Waals surface area contributed by atoms with Crippen LogP contribution in [0.2, 0.25) is 0 Å². The van der Waals surface area contributed by atoms with Gasteiger partial charge in [-0.2, -0.15) is 0 Å². The molecule has 0 radical (unpaired) electrons. The van der Waals surface area contributed by atoms with Crippen LogP contribution < -0.4 is 11.2 Å². The molecule has 0 saturated heterocycles. The Bertz CT molecular complexity index is 1140. The number of halogens is 1. The van der Waals surface area contributed by atoms with Crippen molar-refractivity contribution >= 4 is 31.8 Å². The molecule has 0 spiro atoms. The molecule has 3 heterocycles. The lowest BCUT2D eigenvalue weighted by atomic mass is 10.1. The Labute approximate surface area is 126 Å². The van der Waals surface area contributed by atoms with Gasteiger partial charge in [0.1, 0.15) is 15.3 Å². The van der Waals surface area contributed by atoms with Gasteiger partial charge in [-0.25, -0.2) is 14.2 Å². The maximum Gasteiger partial charge on any atom is 0.326 e. The van der Waals surface area contributed by atoms with E-state index >= 15 is 0 Å². The van der Waals surface area contributed by atoms with E-state index in [4.69, 9.17) is 0 Å². The van der Waals surface area contributed by atoms with Crippen molar-refractivity contribution < 1.29 is 4.39 Å². The SMILES string of the molecule is O=c1[nH]c(=O)c2sc3nc(-c4ccccc4F)ccc3c2[nH]1. The van der Waals surface area contributed by atoms with Crippen LogP contribution in [0.3, 0.4) is 0 Å². The average molecular weight is 313 g/mol. The number of rotatable bonds is 1. The summed E-state index contributed by atoms with van der Waals surface area (Å²) < 4.78 is 14.3. The molecule has 2 N–H and O–H groups in total. The molecule has 1 aromatic carbocycles. The van der Waals surface area contributed by atoms with Gasteiger partial charge in [0.25, 0.3) is 5.56 Å². The van der Waals surface area contributed by atoms with Gasteiger partial charge >= 0.3 is 5.69 Å². The third kappa shape index (κ3) is 1.86. The van der Waals surface area contributed by atoms with Crippen molar-refractivity contribution in [1.82, 2.24) is 15.0 Å². The highest BCUT2D eigenvalue weighted by atomic mass is 32.1. The fourth-order valence-corrected chi connectivity index (χ4v) is 3.41. The Morgan fingerprint density at radius 1 is 1.05 bits per heavy atom. The summed E-state index contributed by atoms with van der Waals surface area (Å²) in [7, 11) is 0. The molecule has 0 saturated carbocycles. The van der Waals surface area contributed by atoms with Crippen molar-refractivity contribution in [1.29, 1.82) is 0 Å². The number of nitrogens with one attached hydrogen (secondary N) is 2. The molecular formula is C15H8FN3O2S. The van der Waals surface area contributed by atoms with Crippen LogP contribution in [0.5, 0.6) is 0 Å². The van der Waals surface area contributed by atoms with Crippen LogP contribution in [0.4, 0.5) is 4.39 Å². The van der Waals surface area contributed by atoms with Crippen molar-refractivity contribution in [3.05, 3.63) is 63.1 Å². The first kappa shape index (κ1) is 12.9. The molecule has 0 bridgehead atoms. The lowest BCUT2D eigenvalue weighted by molar-refractivity contribution is 0.631. The van der Waals surface area contributed by atoms with E-state index in [9.17, 15) is 14.0 Å². The Morgan fingerprint density at radius 2 is 1.86 bits per heavy atom. The molecule has 0 atom stereocenters. The van der Waals surface area contributed by atoms with Crippen LogP contribution in [0.1, 0.15) is 0 Å². The number of fused-ring (bicyclic) bond motifs is 3. The number of benzene rings is 1. The van der Waals surface area contributed by atoms with Crippen LogP contribution in [-0.2, 0) is 0 Å². The second kappa shape index (κ2) is 4.60. The maximum atomic E-state index is 13.9. The number of H-pyrrole nitrogens is 2. The molecule has 4 rings (SSSR count). The van der Waals surface area contributed by atoms with Crippen molar-refractivity contribution in [2.75, 3.05) is 0 Å². The molecule has 0 aliphatic carbocycles. The molecule has 0 fully saturated rings. The molecular weight excluding hydrogens is 305 g/mol. The number of hydrogen-bond donors (Lipinski definition) is 2. The number of aromatic amines is 2. The van der Waals surface area contributed by atoms with Gasteiger partial charge in [0.15, 0.2) is 0 Å². The zero-order chi connectivity index (χ0) is 15.3. The van der Waals surface area contributed by atoms with Gasteiger partial charge < -0.3 is 4.98 Å². The largest absolute Gasteiger partial charge is 0.326 e. The first-order chi connectivity index (χ1) is 10.6. The Kier molecular flexibility index (Phi) is 2.70. The molecule has 22 heavy (non-hydrogen) atoms. The summed E-state index contributed by atoms with van der Waals surface area (Å²) in [6, 6.07) is 9.77. The van der Waals surface area contributed by atoms with Crippen molar-refractivity contribution in [3.63, 3.8) is 0 Å². The molecule has 4 aromatic rings. The molecule has 0 aliphatic heterocycles. The van der Waals surface area contributed by atoms with Crippen LogP contribution in [0.15, 0.2) is 46.0 Å². The molecule has 108 valence electrons. The van der Waals surface area contributed by atoms with E-state index in [1.807, 2.05) is 0 Å². The average Bonchev–Trinajstić information content (AvgIpc) is 2.86. The Morgan fingerprint density at radius 3 is 2.68 bits per heavy atom. The predicted octanol–water partition coefficient (Wildman–Crippen LogP) is 2.63. The second-order valence-electron chi connectivity index (χ2n) is 4.74. The number of hydrogen-bond acceptors (Lipinski definition) is 4. The van der Waals surface area contributed by atoms with Crippen LogP contribution in [-0.4, -0.2) is 15.0 Å². The summed E-state index contributed by atoms with van der Waals surface area (Å²) in [5, 5.41) is 0.670. The van der Waals surface area contributed by atoms with E-state index in [1.54, 1.807) is 30.3 Å². The predicted molar refractivity (Wildman–Crippen MR) is 83.8 cm³/mol. The molecule has 3 aromatic heterocycles. The first-order valence-corrected chi connectivity index (χ1v) is 7.26. The highest BCUT2D eigenvalue weighted by Crippen LogP contribution is 2.31. The molecule has 7 heteroatoms. The van der Waals surface area contributed by atoms with Gasteiger partial charge in [-0.3, -0.25) is 9.78 Å². The first-order valence-electron chi connectivity index (χ1n) is 6.44. The fraction of sp³-hybridized carbons (Fsp3) is 0. The number of nitrogens with zero attached hydrogens (tertiary/aromatic N) is 1. The normalized spacial score (nSPS) is 11.3. The number of thiophene rings is 1. The van der Waals surface area contributed by atoms with Crippen LogP contribution in [0, 0.1) is 5.82 Å². The highest BCUT2D eigenvalue weighted by Gasteiger charge is 2.13. The Balaban J connectivity index is 2.05. The number of aromatic nitrogens is 3. The summed E-state index contributed by atoms with van der Waals surface area (Å²) in [5.41, 5.74) is 0.325. The molecule has 0 amide bonds. The molecule has 5 nitrogen and oxygen atoms in total. The minimum atomic E-state index is -0.560. The van der Waals surface area contributed by atoms with Crippen LogP contribution in [0.25, 0.3) is 31.7 Å². The summed E-state index contributed by atoms with van der Waals surface area (Å²) >= 11 is 1.16. The third-order valence-corrected chi connectivity index (χ3v) is 4.48. The lowest BCUT2D eigenvalue weighted by Gasteiger charge is -2.02. The summed E-state index contributed by atoms with van der Waals surface area (Å²) in [5.74, 6) is -0.360. The van der Waals surface area contributed by atoms with Crippen molar-refractivity contribution in [3.8, 4) is 11.3 Å². The van der Waals surface area contributed by atoms with Gasteiger partial charge in [-0.15, -0.1) is 11.3 Å². The summed E-state index contributed by atoms with van der Waals surface area (Å²) in [6.45, 7) is 0. The van der Waals surface area contributed by atoms with E-state index in [0.717, 1.165) is 11.3 Å². The van der Waals surface area contributed by atoms with E-state index in [0.29, 0.717) is 31.7 Å². The van der Waals surface area contributed by atoms with Gasteiger partial charge in [0.2, 0.25) is 0 Å². The maximum absolute atomic E-state index is 13.9. The monoisotopic (exact) mass is 313 g/mol. The minimum Gasteiger partial charge on any atom is -0.305 e. The van der Waals surface area contributed by atoms with E-state index < -0.39 is 11.2 Å². The third-order valence-electron chi connectivity index (χ3n) is 3.38. The highest BCUT2D eigenvalue weighted by molar-refractivity contribution is 7.25. The van der Waals surface area contributed by atoms with Gasteiger partial charge in [-0.05, 0) is 24.3 Å². The fourth-order valence-electron chi connectivity index (χ4n) is 2.39. The summed E-state index contributed by atoms with van der Waals surface area (Å²) in [6.07, 6.45) is 0.